The quantitative estimate of drug-likeness (QED) is 0.632. The molecule has 1 aromatic carbocycles. The number of halogens is 1. The zero-order chi connectivity index (χ0) is 20.5. The molecule has 1 aliphatic carbocycles. The van der Waals surface area contributed by atoms with Gasteiger partial charge in [0.05, 0.1) is 5.52 Å². The van der Waals surface area contributed by atoms with Gasteiger partial charge in [-0.3, -0.25) is 4.79 Å². The number of aromatic nitrogens is 2. The van der Waals surface area contributed by atoms with E-state index in [-0.39, 0.29) is 6.04 Å². The fourth-order valence-electron chi connectivity index (χ4n) is 4.85. The van der Waals surface area contributed by atoms with Crippen LogP contribution in [0, 0.1) is 5.82 Å². The molecule has 1 N–H and O–H groups in total. The highest BCUT2D eigenvalue weighted by Crippen LogP contribution is 2.31. The Labute approximate surface area is 175 Å². The molecule has 6 heteroatoms. The Balaban J connectivity index is 1.46. The summed E-state index contributed by atoms with van der Waals surface area (Å²) in [5.41, 5.74) is 2.41. The van der Waals surface area contributed by atoms with Crippen LogP contribution in [0.3, 0.4) is 0 Å². The van der Waals surface area contributed by atoms with E-state index in [0.717, 1.165) is 50.0 Å². The molecule has 1 saturated carbocycles. The number of benzene rings is 1. The maximum atomic E-state index is 14.3. The lowest BCUT2D eigenvalue weighted by Gasteiger charge is -2.25. The lowest BCUT2D eigenvalue weighted by atomic mass is 9.95. The first-order chi connectivity index (χ1) is 14.7. The van der Waals surface area contributed by atoms with Crippen molar-refractivity contribution < 1.29 is 4.39 Å². The van der Waals surface area contributed by atoms with Crippen molar-refractivity contribution in [2.24, 2.45) is 0 Å². The van der Waals surface area contributed by atoms with Gasteiger partial charge in [-0.2, -0.15) is 0 Å². The minimum atomic E-state index is -0.701. The maximum absolute atomic E-state index is 14.3. The largest absolute Gasteiger partial charge is 0.372 e. The molecule has 156 valence electrons. The Hall–Kier alpha value is -2.89. The summed E-state index contributed by atoms with van der Waals surface area (Å²) in [6, 6.07) is 11.6. The van der Waals surface area contributed by atoms with Crippen molar-refractivity contribution in [1.82, 2.24) is 9.55 Å². The first-order valence-corrected chi connectivity index (χ1v) is 11.0. The average molecular weight is 407 g/mol. The summed E-state index contributed by atoms with van der Waals surface area (Å²) in [5.74, 6) is -0.0416. The molecule has 1 aliphatic heterocycles. The Bertz CT molecular complexity index is 1100. The molecule has 0 atom stereocenters. The molecule has 3 heterocycles. The highest BCUT2D eigenvalue weighted by atomic mass is 19.1. The maximum Gasteiger partial charge on any atom is 0.287 e. The molecule has 2 aromatic heterocycles. The summed E-state index contributed by atoms with van der Waals surface area (Å²) in [6.07, 6.45) is 9.33. The Morgan fingerprint density at radius 2 is 1.70 bits per heavy atom. The Morgan fingerprint density at radius 3 is 2.43 bits per heavy atom. The van der Waals surface area contributed by atoms with Crippen LogP contribution < -0.4 is 15.8 Å². The van der Waals surface area contributed by atoms with Crippen LogP contribution in [0.15, 0.2) is 47.4 Å². The fourth-order valence-corrected chi connectivity index (χ4v) is 4.85. The van der Waals surface area contributed by atoms with E-state index in [1.807, 2.05) is 6.07 Å². The first-order valence-electron chi connectivity index (χ1n) is 11.0. The molecule has 30 heavy (non-hydrogen) atoms. The van der Waals surface area contributed by atoms with Gasteiger partial charge in [0.15, 0.2) is 5.82 Å². The molecule has 2 fully saturated rings. The monoisotopic (exact) mass is 406 g/mol. The summed E-state index contributed by atoms with van der Waals surface area (Å²) in [7, 11) is 0. The summed E-state index contributed by atoms with van der Waals surface area (Å²) in [6.45, 7) is 2.24. The minimum absolute atomic E-state index is 0.0550. The predicted octanol–water partition coefficient (Wildman–Crippen LogP) is 5.38. The van der Waals surface area contributed by atoms with Crippen LogP contribution in [-0.4, -0.2) is 22.6 Å². The van der Waals surface area contributed by atoms with Crippen molar-refractivity contribution in [3.63, 3.8) is 0 Å². The van der Waals surface area contributed by atoms with Gasteiger partial charge < -0.3 is 14.8 Å². The zero-order valence-electron chi connectivity index (χ0n) is 17.1. The van der Waals surface area contributed by atoms with Gasteiger partial charge in [-0.25, -0.2) is 9.37 Å². The second-order valence-corrected chi connectivity index (χ2v) is 8.45. The van der Waals surface area contributed by atoms with Crippen LogP contribution in [0.2, 0.25) is 0 Å². The van der Waals surface area contributed by atoms with E-state index in [2.05, 4.69) is 39.5 Å². The van der Waals surface area contributed by atoms with Gasteiger partial charge in [-0.15, -0.1) is 0 Å². The van der Waals surface area contributed by atoms with Crippen LogP contribution >= 0.6 is 0 Å². The van der Waals surface area contributed by atoms with Gasteiger partial charge >= 0.3 is 0 Å². The van der Waals surface area contributed by atoms with Crippen LogP contribution in [-0.2, 0) is 0 Å². The van der Waals surface area contributed by atoms with Crippen LogP contribution in [0.4, 0.5) is 21.6 Å². The number of anilines is 3. The molecule has 2 aliphatic rings. The van der Waals surface area contributed by atoms with E-state index in [1.165, 1.54) is 31.0 Å². The molecule has 5 rings (SSSR count). The molecule has 0 bridgehead atoms. The molecular formula is C24H27FN4O. The first kappa shape index (κ1) is 19.1. The zero-order valence-corrected chi connectivity index (χ0v) is 17.1. The van der Waals surface area contributed by atoms with Crippen molar-refractivity contribution in [3.8, 4) is 0 Å². The van der Waals surface area contributed by atoms with E-state index >= 15 is 0 Å². The Morgan fingerprint density at radius 1 is 0.967 bits per heavy atom. The van der Waals surface area contributed by atoms with Gasteiger partial charge in [-0.1, -0.05) is 19.3 Å². The number of pyridine rings is 2. The normalized spacial score (nSPS) is 17.6. The molecule has 3 aromatic rings. The molecule has 1 saturated heterocycles. The number of rotatable bonds is 4. The molecular weight excluding hydrogens is 379 g/mol. The molecule has 0 amide bonds. The predicted molar refractivity (Wildman–Crippen MR) is 119 cm³/mol. The summed E-state index contributed by atoms with van der Waals surface area (Å²) < 4.78 is 16.0. The lowest BCUT2D eigenvalue weighted by molar-refractivity contribution is 0.349. The van der Waals surface area contributed by atoms with Crippen LogP contribution in [0.25, 0.3) is 10.9 Å². The number of hydrogen-bond acceptors (Lipinski definition) is 4. The van der Waals surface area contributed by atoms with Gasteiger partial charge in [0, 0.05) is 48.2 Å². The molecule has 0 radical (unpaired) electrons. The second kappa shape index (κ2) is 8.09. The third-order valence-electron chi connectivity index (χ3n) is 6.43. The van der Waals surface area contributed by atoms with Crippen molar-refractivity contribution in [2.45, 2.75) is 51.0 Å². The van der Waals surface area contributed by atoms with E-state index in [1.54, 1.807) is 10.8 Å². The molecule has 5 nitrogen and oxygen atoms in total. The van der Waals surface area contributed by atoms with E-state index in [9.17, 15) is 9.18 Å². The highest BCUT2D eigenvalue weighted by molar-refractivity contribution is 5.81. The third-order valence-corrected chi connectivity index (χ3v) is 6.43. The summed E-state index contributed by atoms with van der Waals surface area (Å²) >= 11 is 0. The van der Waals surface area contributed by atoms with Crippen molar-refractivity contribution in [1.29, 1.82) is 0 Å². The highest BCUT2D eigenvalue weighted by Gasteiger charge is 2.21. The van der Waals surface area contributed by atoms with Gasteiger partial charge in [-0.05, 0) is 56.0 Å². The third kappa shape index (κ3) is 3.66. The van der Waals surface area contributed by atoms with E-state index in [0.29, 0.717) is 11.2 Å². The molecule has 0 spiro atoms. The average Bonchev–Trinajstić information content (AvgIpc) is 3.31. The van der Waals surface area contributed by atoms with Crippen LogP contribution in [0.1, 0.15) is 51.0 Å². The number of fused-ring (bicyclic) bond motifs is 1. The van der Waals surface area contributed by atoms with E-state index < -0.39 is 11.4 Å². The van der Waals surface area contributed by atoms with Gasteiger partial charge in [0.2, 0.25) is 0 Å². The van der Waals surface area contributed by atoms with Crippen LogP contribution in [0.5, 0.6) is 0 Å². The smallest absolute Gasteiger partial charge is 0.287 e. The van der Waals surface area contributed by atoms with Gasteiger partial charge in [0.25, 0.3) is 5.56 Å². The lowest BCUT2D eigenvalue weighted by Crippen LogP contribution is -2.28. The standard InChI is InChI=1S/C24H27FN4O/c25-21-14-17-16-26-23(15-22(17)29(24(21)30)20-6-2-1-3-7-20)27-18-8-10-19(11-9-18)28-12-4-5-13-28/h8-11,14-16,20H,1-7,12-13H2,(H,26,27). The number of nitrogens with zero attached hydrogens (tertiary/aromatic N) is 3. The number of hydrogen-bond donors (Lipinski definition) is 1. The fraction of sp³-hybridized carbons (Fsp3) is 0.417. The van der Waals surface area contributed by atoms with Crippen molar-refractivity contribution in [2.75, 3.05) is 23.3 Å². The Kier molecular flexibility index (Phi) is 5.15. The van der Waals surface area contributed by atoms with Gasteiger partial charge in [0.1, 0.15) is 5.82 Å². The second-order valence-electron chi connectivity index (χ2n) is 8.45. The number of nitrogens with one attached hydrogen (secondary N) is 1. The summed E-state index contributed by atoms with van der Waals surface area (Å²) in [5, 5.41) is 4.00. The summed E-state index contributed by atoms with van der Waals surface area (Å²) in [4.78, 5) is 19.5. The van der Waals surface area contributed by atoms with E-state index in [4.69, 9.17) is 0 Å². The van der Waals surface area contributed by atoms with Crippen molar-refractivity contribution >= 4 is 28.1 Å². The SMILES string of the molecule is O=c1c(F)cc2cnc(Nc3ccc(N4CCCC4)cc3)cc2n1C1CCCCC1. The molecule has 0 unspecified atom stereocenters. The topological polar surface area (TPSA) is 50.2 Å². The minimum Gasteiger partial charge on any atom is -0.372 e. The van der Waals surface area contributed by atoms with Crippen molar-refractivity contribution in [3.05, 3.63) is 58.8 Å².